The summed E-state index contributed by atoms with van der Waals surface area (Å²) in [4.78, 5) is 145. The topological polar surface area (TPSA) is 435 Å². The van der Waals surface area contributed by atoms with Crippen molar-refractivity contribution in [1.82, 2.24) is 47.4 Å². The van der Waals surface area contributed by atoms with Crippen molar-refractivity contribution in [2.45, 2.75) is 197 Å². The fourth-order valence-corrected chi connectivity index (χ4v) is 11.5. The number of nitrogens with one attached hydrogen (secondary N) is 8. The molecule has 1 heterocycles. The van der Waals surface area contributed by atoms with Gasteiger partial charge in [-0.3, -0.25) is 43.2 Å². The Morgan fingerprint density at radius 3 is 1.32 bits per heavy atom. The zero-order valence-corrected chi connectivity index (χ0v) is 56.3. The lowest BCUT2D eigenvalue weighted by atomic mass is 9.96. The van der Waals surface area contributed by atoms with Gasteiger partial charge in [-0.25, -0.2) is 4.79 Å². The first-order valence-corrected chi connectivity index (χ1v) is 33.9. The van der Waals surface area contributed by atoms with Crippen LogP contribution in [0.5, 0.6) is 11.5 Å². The van der Waals surface area contributed by atoms with E-state index in [2.05, 4.69) is 48.3 Å². The first kappa shape index (κ1) is 77.0. The van der Waals surface area contributed by atoms with Gasteiger partial charge in [0.2, 0.25) is 53.2 Å². The van der Waals surface area contributed by atoms with E-state index in [0.717, 1.165) is 0 Å². The van der Waals surface area contributed by atoms with E-state index in [1.54, 1.807) is 98.8 Å². The number of rotatable bonds is 43. The molecule has 0 radical (unpaired) electrons. The van der Waals surface area contributed by atoms with Crippen LogP contribution in [-0.2, 0) is 73.6 Å². The molecule has 97 heavy (non-hydrogen) atoms. The molecule has 1 aliphatic rings. The minimum Gasteiger partial charge on any atom is -0.508 e. The van der Waals surface area contributed by atoms with Crippen LogP contribution in [0.25, 0.3) is 0 Å². The van der Waals surface area contributed by atoms with E-state index in [4.69, 9.17) is 18.6 Å². The first-order valence-electron chi connectivity index (χ1n) is 34.4. The Labute approximate surface area is 570 Å². The summed E-state index contributed by atoms with van der Waals surface area (Å²) in [5.41, 5.74) is 22.4. The van der Waals surface area contributed by atoms with Gasteiger partial charge in [-0.15, -0.1) is 0 Å². The molecular formula is C71H103N13O13. The van der Waals surface area contributed by atoms with Crippen LogP contribution in [0.2, 0.25) is 1.41 Å². The summed E-state index contributed by atoms with van der Waals surface area (Å²) in [5, 5.41) is 52.2. The number of carboxylic acids is 1. The number of hydrogen-bond donors (Lipinski definition) is 15. The number of carbonyl (C=O) groups excluding carboxylic acids is 9. The largest absolute Gasteiger partial charge is 0.508 e. The van der Waals surface area contributed by atoms with Gasteiger partial charge in [0, 0.05) is 25.8 Å². The molecule has 4 aromatic carbocycles. The third-order valence-electron chi connectivity index (χ3n) is 17.2. The number of nitrogens with two attached hydrogens (primary N) is 4. The van der Waals surface area contributed by atoms with Gasteiger partial charge < -0.3 is 85.7 Å². The molecule has 1 fully saturated rings. The number of aromatic hydroxyl groups is 2. The maximum atomic E-state index is 15.0. The predicted molar refractivity (Wildman–Crippen MR) is 367 cm³/mol. The fraction of sp³-hybridized carbons (Fsp3) is 0.521. The number of nitrogens with zero attached hydrogens (tertiary/aromatic N) is 1. The zero-order chi connectivity index (χ0) is 71.7. The van der Waals surface area contributed by atoms with Crippen molar-refractivity contribution >= 4 is 59.1 Å². The number of unbranched alkanes of at least 4 members (excludes halogenated alkanes) is 3. The van der Waals surface area contributed by atoms with Crippen molar-refractivity contribution in [3.63, 3.8) is 0 Å². The van der Waals surface area contributed by atoms with Gasteiger partial charge in [-0.1, -0.05) is 119 Å². The molecule has 530 valence electrons. The van der Waals surface area contributed by atoms with Crippen molar-refractivity contribution in [2.75, 3.05) is 26.2 Å². The highest BCUT2D eigenvalue weighted by molar-refractivity contribution is 5.99. The summed E-state index contributed by atoms with van der Waals surface area (Å²) in [6.45, 7) is 8.05. The van der Waals surface area contributed by atoms with Gasteiger partial charge in [0.1, 0.15) is 67.3 Å². The molecule has 0 aromatic heterocycles. The molecule has 26 heteroatoms. The van der Waals surface area contributed by atoms with Gasteiger partial charge in [0.15, 0.2) is 0 Å². The van der Waals surface area contributed by atoms with Crippen molar-refractivity contribution < 1.29 is 64.7 Å². The van der Waals surface area contributed by atoms with Crippen LogP contribution in [0.4, 0.5) is 0 Å². The molecule has 1 saturated heterocycles. The molecule has 19 N–H and O–H groups in total. The number of phenols is 2. The third-order valence-corrected chi connectivity index (χ3v) is 17.2. The number of benzene rings is 4. The van der Waals surface area contributed by atoms with E-state index < -0.39 is 125 Å². The lowest BCUT2D eigenvalue weighted by molar-refractivity contribution is -0.143. The summed E-state index contributed by atoms with van der Waals surface area (Å²) >= 11 is 0. The Morgan fingerprint density at radius 2 is 0.876 bits per heavy atom. The van der Waals surface area contributed by atoms with E-state index in [9.17, 15) is 58.5 Å². The SMILES string of the molecule is [2H]N[C@@H](Cc1ccc(O)cc1)C(=O)N[C@@H](CCCCN)C(=O)N[C@@H](Cc1ccccc1)C(=O)N[C@@H](Cc1ccccc1)C(=O)N[C@@H](CCCCN)C(=O)N[C@@H](CCCCN)C(=O)N1CCC[C@H]1C(=O)N[C@@H](Cc1ccc(O)cc1)C(=O)N[C@H](C(=O)N[C@@H](CC(C)C)C(=O)O)[C@@H](C)CC. The molecule has 11 atom stereocenters. The minimum absolute atomic E-state index is 0.0180. The Bertz CT molecular complexity index is 3190. The van der Waals surface area contributed by atoms with Crippen LogP contribution in [0.15, 0.2) is 109 Å². The van der Waals surface area contributed by atoms with Crippen LogP contribution in [0, 0.1) is 11.8 Å². The smallest absolute Gasteiger partial charge is 0.326 e. The summed E-state index contributed by atoms with van der Waals surface area (Å²) in [5.74, 6) is -8.36. The highest BCUT2D eigenvalue weighted by atomic mass is 16.4. The van der Waals surface area contributed by atoms with Gasteiger partial charge >= 0.3 is 5.97 Å². The second kappa shape index (κ2) is 41.2. The van der Waals surface area contributed by atoms with Crippen molar-refractivity contribution in [3.05, 3.63) is 131 Å². The molecule has 5 rings (SSSR count). The highest BCUT2D eigenvalue weighted by Crippen LogP contribution is 2.23. The van der Waals surface area contributed by atoms with Crippen LogP contribution < -0.4 is 65.5 Å². The van der Waals surface area contributed by atoms with Crippen LogP contribution >= 0.6 is 0 Å². The number of hydrogen-bond acceptors (Lipinski definition) is 16. The van der Waals surface area contributed by atoms with Gasteiger partial charge in [0.25, 0.3) is 0 Å². The molecule has 0 saturated carbocycles. The Kier molecular flexibility index (Phi) is 32.7. The molecule has 0 spiro atoms. The van der Waals surface area contributed by atoms with E-state index in [1.807, 2.05) is 13.8 Å². The predicted octanol–water partition coefficient (Wildman–Crippen LogP) is 2.13. The number of aliphatic carboxylic acids is 1. The molecule has 1 aliphatic heterocycles. The molecule has 9 amide bonds. The Hall–Kier alpha value is -8.98. The van der Waals surface area contributed by atoms with Crippen LogP contribution in [-0.4, -0.2) is 166 Å². The standard InChI is InChI=1S/C71H103N13O13/c1-5-45(4)61(69(94)82-59(71(96)97)39-44(2)3)83-67(92)58(43-49-29-33-51(86)34-30-49)81-68(93)60-26-18-38-84(60)70(95)55(25-14-17-37-74)78-63(88)54(24-13-16-36-73)77-65(90)56(41-46-19-8-6-9-20-46)80-66(91)57(42-47-21-10-7-11-22-47)79-64(89)53(23-12-15-35-72)76-62(87)52(75)40-48-27-31-50(85)32-28-48/h6-11,19-22,27-34,44-45,52-61,85-86H,5,12-18,23-26,35-43,72-75H2,1-4H3,(H,76,87)(H,77,90)(H,78,88)(H,79,89)(H,80,91)(H,81,93)(H,82,94)(H,83,92)(H,96,97)/t45-,52-,53-,54-,55-,56-,57-,58-,59-,60-,61-/m0/s1/i/hD. The second-order valence-electron chi connectivity index (χ2n) is 25.5. The molecule has 4 aromatic rings. The van der Waals surface area contributed by atoms with Crippen LogP contribution in [0.3, 0.4) is 0 Å². The average molecular weight is 1350 g/mol. The van der Waals surface area contributed by atoms with Crippen molar-refractivity contribution in [3.8, 4) is 11.5 Å². The summed E-state index contributed by atoms with van der Waals surface area (Å²) in [6.07, 6.45) is 3.60. The Balaban J connectivity index is 1.41. The minimum atomic E-state index is -1.38. The molecule has 26 nitrogen and oxygen atoms in total. The van der Waals surface area contributed by atoms with E-state index >= 15 is 4.79 Å². The van der Waals surface area contributed by atoms with E-state index in [0.29, 0.717) is 80.2 Å². The lowest BCUT2D eigenvalue weighted by Gasteiger charge is -2.32. The summed E-state index contributed by atoms with van der Waals surface area (Å²) in [6, 6.07) is 17.1. The van der Waals surface area contributed by atoms with Crippen molar-refractivity contribution in [1.29, 1.82) is 0 Å². The third kappa shape index (κ3) is 26.5. The van der Waals surface area contributed by atoms with E-state index in [-0.39, 0.29) is 94.8 Å². The van der Waals surface area contributed by atoms with Gasteiger partial charge in [-0.2, -0.15) is 0 Å². The maximum absolute atomic E-state index is 15.0. The number of amides is 9. The average Bonchev–Trinajstić information content (AvgIpc) is 1.54. The molecular weight excluding hydrogens is 1240 g/mol. The van der Waals surface area contributed by atoms with Crippen LogP contribution in [0.1, 0.15) is 133 Å². The Morgan fingerprint density at radius 1 is 0.485 bits per heavy atom. The molecule has 0 unspecified atom stereocenters. The first-order chi connectivity index (χ1) is 47.0. The second-order valence-corrected chi connectivity index (χ2v) is 25.5. The monoisotopic (exact) mass is 1350 g/mol. The summed E-state index contributed by atoms with van der Waals surface area (Å²) < 4.78 is 7.98. The molecule has 0 aliphatic carbocycles. The van der Waals surface area contributed by atoms with Gasteiger partial charge in [-0.05, 0) is 161 Å². The number of carboxylic acid groups (broad SMARTS) is 1. The molecule has 0 bridgehead atoms. The zero-order valence-electron chi connectivity index (χ0n) is 57.3. The normalized spacial score (nSPS) is 16.1. The highest BCUT2D eigenvalue weighted by Gasteiger charge is 2.41. The summed E-state index contributed by atoms with van der Waals surface area (Å²) in [7, 11) is 0. The lowest BCUT2D eigenvalue weighted by Crippen LogP contribution is -2.61. The maximum Gasteiger partial charge on any atom is 0.326 e. The van der Waals surface area contributed by atoms with Crippen molar-refractivity contribution in [2.24, 2.45) is 34.8 Å². The quantitative estimate of drug-likeness (QED) is 0.0282. The number of likely N-dealkylation sites (tertiary alicyclic amines) is 1. The van der Waals surface area contributed by atoms with Gasteiger partial charge in [0.05, 0.1) is 6.04 Å². The number of phenolic OH excluding ortho intramolecular Hbond substituents is 2. The fourth-order valence-electron chi connectivity index (χ4n) is 11.5. The number of carbonyl (C=O) groups is 10. The van der Waals surface area contributed by atoms with E-state index in [1.165, 1.54) is 29.2 Å².